The summed E-state index contributed by atoms with van der Waals surface area (Å²) in [6, 6.07) is -0.00142. The molecule has 0 amide bonds. The lowest BCUT2D eigenvalue weighted by Crippen LogP contribution is -2.13. The Hall–Kier alpha value is -0.950. The van der Waals surface area contributed by atoms with Crippen molar-refractivity contribution in [2.45, 2.75) is 12.4 Å². The van der Waals surface area contributed by atoms with Gasteiger partial charge in [-0.1, -0.05) is 11.6 Å². The Kier molecular flexibility index (Phi) is 3.88. The molecule has 0 aliphatic carbocycles. The van der Waals surface area contributed by atoms with Gasteiger partial charge in [-0.25, -0.2) is 0 Å². The van der Waals surface area contributed by atoms with Gasteiger partial charge >= 0.3 is 12.4 Å². The maximum absolute atomic E-state index is 12.5. The maximum atomic E-state index is 12.5. The Bertz CT molecular complexity index is 491. The van der Waals surface area contributed by atoms with E-state index in [0.29, 0.717) is 0 Å². The van der Waals surface area contributed by atoms with Crippen LogP contribution in [0.15, 0.2) is 12.1 Å². The van der Waals surface area contributed by atoms with Gasteiger partial charge < -0.3 is 0 Å². The van der Waals surface area contributed by atoms with E-state index in [4.69, 9.17) is 23.2 Å². The fourth-order valence-corrected chi connectivity index (χ4v) is 1.64. The third kappa shape index (κ3) is 3.08. The van der Waals surface area contributed by atoms with E-state index in [2.05, 4.69) is 0 Å². The summed E-state index contributed by atoms with van der Waals surface area (Å²) < 4.78 is 74.5. The quantitative estimate of drug-likeness (QED) is 0.540. The van der Waals surface area contributed by atoms with Crippen molar-refractivity contribution < 1.29 is 31.1 Å². The molecule has 0 fully saturated rings. The van der Waals surface area contributed by atoms with Gasteiger partial charge in [0, 0.05) is 0 Å². The number of carbonyl (C=O) groups is 1. The number of carbonyl (C=O) groups excluding carboxylic acids is 1. The minimum Gasteiger partial charge on any atom is -0.276 e. The molecule has 9 heteroatoms. The molecule has 1 aromatic carbocycles. The third-order valence-electron chi connectivity index (χ3n) is 1.92. The van der Waals surface area contributed by atoms with Crippen LogP contribution < -0.4 is 0 Å². The molecule has 0 aliphatic rings. The van der Waals surface area contributed by atoms with E-state index < -0.39 is 39.3 Å². The first-order valence-corrected chi connectivity index (χ1v) is 4.88. The van der Waals surface area contributed by atoms with E-state index in [-0.39, 0.29) is 12.1 Å². The number of halogens is 8. The molecule has 100 valence electrons. The average Bonchev–Trinajstić information content (AvgIpc) is 2.13. The molecule has 0 unspecified atom stereocenters. The molecule has 1 rings (SSSR count). The van der Waals surface area contributed by atoms with Crippen LogP contribution in [0.4, 0.5) is 26.3 Å². The summed E-state index contributed by atoms with van der Waals surface area (Å²) in [5.74, 6) is 0. The molecule has 0 heterocycles. The second-order valence-electron chi connectivity index (χ2n) is 3.15. The number of benzene rings is 1. The van der Waals surface area contributed by atoms with Crippen molar-refractivity contribution in [2.75, 3.05) is 0 Å². The molecule has 0 N–H and O–H groups in total. The third-order valence-corrected chi connectivity index (χ3v) is 2.53. The topological polar surface area (TPSA) is 17.1 Å². The zero-order valence-corrected chi connectivity index (χ0v) is 9.60. The molecular weight excluding hydrogens is 309 g/mol. The second-order valence-corrected chi connectivity index (χ2v) is 3.88. The lowest BCUT2D eigenvalue weighted by Gasteiger charge is -2.15. The second kappa shape index (κ2) is 4.62. The molecule has 0 saturated carbocycles. The smallest absolute Gasteiger partial charge is 0.276 e. The highest BCUT2D eigenvalue weighted by Crippen LogP contribution is 2.41. The summed E-state index contributed by atoms with van der Waals surface area (Å²) >= 11 is 10.1. The fraction of sp³-hybridized carbons (Fsp3) is 0.222. The van der Waals surface area contributed by atoms with Gasteiger partial charge in [0.05, 0.1) is 21.7 Å². The molecule has 0 aromatic heterocycles. The predicted octanol–water partition coefficient (Wildman–Crippen LogP) is 4.76. The average molecular weight is 311 g/mol. The van der Waals surface area contributed by atoms with Gasteiger partial charge in [0.15, 0.2) is 0 Å². The molecule has 0 aliphatic heterocycles. The molecule has 1 aromatic rings. The Labute approximate surface area is 106 Å². The van der Waals surface area contributed by atoms with E-state index in [1.54, 1.807) is 0 Å². The molecule has 0 spiro atoms. The normalized spacial score (nSPS) is 12.7. The van der Waals surface area contributed by atoms with Crippen LogP contribution in [0.2, 0.25) is 5.02 Å². The molecule has 0 saturated heterocycles. The summed E-state index contributed by atoms with van der Waals surface area (Å²) in [5, 5.41) is -2.66. The monoisotopic (exact) mass is 310 g/mol. The predicted molar refractivity (Wildman–Crippen MR) is 51.6 cm³/mol. The van der Waals surface area contributed by atoms with Crippen molar-refractivity contribution in [3.05, 3.63) is 33.8 Å². The fourth-order valence-electron chi connectivity index (χ4n) is 1.14. The summed E-state index contributed by atoms with van der Waals surface area (Å²) in [5.41, 5.74) is -4.45. The van der Waals surface area contributed by atoms with Gasteiger partial charge in [0.25, 0.3) is 5.24 Å². The summed E-state index contributed by atoms with van der Waals surface area (Å²) in [6.07, 6.45) is -10.2. The molecule has 0 radical (unpaired) electrons. The Morgan fingerprint density at radius 3 is 1.83 bits per heavy atom. The van der Waals surface area contributed by atoms with Crippen LogP contribution in [0.1, 0.15) is 21.5 Å². The Morgan fingerprint density at radius 1 is 1.00 bits per heavy atom. The molecule has 18 heavy (non-hydrogen) atoms. The van der Waals surface area contributed by atoms with Crippen LogP contribution in [-0.2, 0) is 12.4 Å². The lowest BCUT2D eigenvalue weighted by molar-refractivity contribution is -0.143. The summed E-state index contributed by atoms with van der Waals surface area (Å²) in [7, 11) is 0. The van der Waals surface area contributed by atoms with Crippen LogP contribution in [0.3, 0.4) is 0 Å². The number of hydrogen-bond acceptors (Lipinski definition) is 1. The highest BCUT2D eigenvalue weighted by Gasteiger charge is 2.39. The first kappa shape index (κ1) is 15.1. The van der Waals surface area contributed by atoms with Crippen LogP contribution in [0, 0.1) is 0 Å². The van der Waals surface area contributed by atoms with E-state index >= 15 is 0 Å². The SMILES string of the molecule is O=C(Cl)c1cc(C(F)(F)F)cc(C(F)(F)F)c1Cl. The van der Waals surface area contributed by atoms with E-state index in [9.17, 15) is 31.1 Å². The highest BCUT2D eigenvalue weighted by atomic mass is 35.5. The van der Waals surface area contributed by atoms with E-state index in [0.717, 1.165) is 0 Å². The van der Waals surface area contributed by atoms with Gasteiger partial charge in [0.1, 0.15) is 0 Å². The molecule has 1 nitrogen and oxygen atoms in total. The van der Waals surface area contributed by atoms with Crippen molar-refractivity contribution in [3.63, 3.8) is 0 Å². The van der Waals surface area contributed by atoms with Crippen LogP contribution in [0.25, 0.3) is 0 Å². The molecular formula is C9H2Cl2F6O. The van der Waals surface area contributed by atoms with Gasteiger partial charge in [-0.05, 0) is 23.7 Å². The van der Waals surface area contributed by atoms with Gasteiger partial charge in [-0.15, -0.1) is 0 Å². The highest BCUT2D eigenvalue weighted by molar-refractivity contribution is 6.68. The van der Waals surface area contributed by atoms with Crippen LogP contribution in [-0.4, -0.2) is 5.24 Å². The van der Waals surface area contributed by atoms with Crippen molar-refractivity contribution in [3.8, 4) is 0 Å². The van der Waals surface area contributed by atoms with Gasteiger partial charge in [-0.2, -0.15) is 26.3 Å². The van der Waals surface area contributed by atoms with Crippen LogP contribution in [0.5, 0.6) is 0 Å². The summed E-state index contributed by atoms with van der Waals surface area (Å²) in [4.78, 5) is 10.8. The first-order chi connectivity index (χ1) is 7.94. The largest absolute Gasteiger partial charge is 0.417 e. The maximum Gasteiger partial charge on any atom is 0.417 e. The van der Waals surface area contributed by atoms with Crippen molar-refractivity contribution in [1.29, 1.82) is 0 Å². The lowest BCUT2D eigenvalue weighted by atomic mass is 10.1. The van der Waals surface area contributed by atoms with Crippen LogP contribution >= 0.6 is 23.2 Å². The Balaban J connectivity index is 3.63. The molecule has 0 atom stereocenters. The van der Waals surface area contributed by atoms with E-state index in [1.165, 1.54) is 0 Å². The van der Waals surface area contributed by atoms with Crippen molar-refractivity contribution in [2.24, 2.45) is 0 Å². The first-order valence-electron chi connectivity index (χ1n) is 4.12. The minimum absolute atomic E-state index is 0.174. The zero-order chi connectivity index (χ0) is 14.3. The number of alkyl halides is 6. The zero-order valence-electron chi connectivity index (χ0n) is 8.09. The Morgan fingerprint density at radius 2 is 1.50 bits per heavy atom. The molecule has 0 bridgehead atoms. The van der Waals surface area contributed by atoms with E-state index in [1.807, 2.05) is 0 Å². The summed E-state index contributed by atoms with van der Waals surface area (Å²) in [6.45, 7) is 0. The van der Waals surface area contributed by atoms with Gasteiger partial charge in [-0.3, -0.25) is 4.79 Å². The van der Waals surface area contributed by atoms with Gasteiger partial charge in [0.2, 0.25) is 0 Å². The standard InChI is InChI=1S/C9H2Cl2F6O/c10-6-4(7(11)18)1-3(8(12,13)14)2-5(6)9(15,16)17/h1-2H. The minimum atomic E-state index is -5.13. The number of rotatable bonds is 1. The van der Waals surface area contributed by atoms with Crippen molar-refractivity contribution in [1.82, 2.24) is 0 Å². The number of hydrogen-bond donors (Lipinski definition) is 0. The van der Waals surface area contributed by atoms with Crippen molar-refractivity contribution >= 4 is 28.4 Å².